The van der Waals surface area contributed by atoms with E-state index in [4.69, 9.17) is 0 Å². The lowest BCUT2D eigenvalue weighted by Crippen LogP contribution is -2.14. The first kappa shape index (κ1) is 19.3. The maximum atomic E-state index is 13.1. The van der Waals surface area contributed by atoms with Gasteiger partial charge in [-0.05, 0) is 49.2 Å². The van der Waals surface area contributed by atoms with E-state index < -0.39 is 17.6 Å². The van der Waals surface area contributed by atoms with Crippen molar-refractivity contribution < 1.29 is 18.0 Å². The Hall–Kier alpha value is -3.42. The van der Waals surface area contributed by atoms with Crippen LogP contribution in [0.2, 0.25) is 0 Å². The van der Waals surface area contributed by atoms with E-state index in [1.54, 1.807) is 6.07 Å². The lowest BCUT2D eigenvalue weighted by atomic mass is 10.1. The van der Waals surface area contributed by atoms with Gasteiger partial charge < -0.3 is 10.6 Å². The van der Waals surface area contributed by atoms with E-state index in [1.807, 2.05) is 26.0 Å². The number of aromatic nitrogens is 2. The summed E-state index contributed by atoms with van der Waals surface area (Å²) in [6, 6.07) is 10.6. The van der Waals surface area contributed by atoms with Crippen LogP contribution in [0.25, 0.3) is 0 Å². The number of rotatable bonds is 4. The second kappa shape index (κ2) is 7.67. The van der Waals surface area contributed by atoms with Crippen LogP contribution in [0.5, 0.6) is 0 Å². The molecule has 0 atom stereocenters. The number of benzene rings is 2. The molecule has 0 aliphatic carbocycles. The fourth-order valence-corrected chi connectivity index (χ4v) is 2.50. The van der Waals surface area contributed by atoms with Crippen molar-refractivity contribution in [1.82, 2.24) is 9.97 Å². The van der Waals surface area contributed by atoms with Crippen LogP contribution in [0.4, 0.5) is 30.4 Å². The van der Waals surface area contributed by atoms with Gasteiger partial charge in [0.05, 0.1) is 23.6 Å². The van der Waals surface area contributed by atoms with Crippen LogP contribution in [-0.2, 0) is 6.18 Å². The van der Waals surface area contributed by atoms with Gasteiger partial charge >= 0.3 is 6.18 Å². The number of hydrogen-bond donors (Lipinski definition) is 2. The monoisotopic (exact) mass is 386 g/mol. The first-order valence-corrected chi connectivity index (χ1v) is 8.38. The average Bonchev–Trinajstić information content (AvgIpc) is 2.65. The van der Waals surface area contributed by atoms with Crippen molar-refractivity contribution in [2.24, 2.45) is 0 Å². The van der Waals surface area contributed by atoms with E-state index in [0.717, 1.165) is 17.2 Å². The number of carbonyl (C=O) groups is 1. The van der Waals surface area contributed by atoms with Crippen molar-refractivity contribution in [3.63, 3.8) is 0 Å². The Morgan fingerprint density at radius 1 is 0.964 bits per heavy atom. The number of nitrogens with zero attached hydrogens (tertiary/aromatic N) is 2. The van der Waals surface area contributed by atoms with Crippen molar-refractivity contribution >= 4 is 23.1 Å². The van der Waals surface area contributed by atoms with Gasteiger partial charge in [-0.3, -0.25) is 4.79 Å². The molecule has 2 aromatic carbocycles. The van der Waals surface area contributed by atoms with Crippen LogP contribution in [0.1, 0.15) is 27.2 Å². The van der Waals surface area contributed by atoms with E-state index in [0.29, 0.717) is 5.69 Å². The zero-order chi connectivity index (χ0) is 20.3. The first-order valence-electron chi connectivity index (χ1n) is 8.38. The molecule has 1 amide bonds. The van der Waals surface area contributed by atoms with Gasteiger partial charge in [0.25, 0.3) is 5.91 Å². The number of anilines is 3. The lowest BCUT2D eigenvalue weighted by molar-refractivity contribution is -0.136. The Morgan fingerprint density at radius 2 is 1.71 bits per heavy atom. The fourth-order valence-electron chi connectivity index (χ4n) is 2.50. The molecule has 8 heteroatoms. The normalized spacial score (nSPS) is 11.2. The predicted molar refractivity (Wildman–Crippen MR) is 101 cm³/mol. The van der Waals surface area contributed by atoms with Gasteiger partial charge in [0.2, 0.25) is 0 Å². The Morgan fingerprint density at radius 3 is 2.36 bits per heavy atom. The molecule has 1 aromatic heterocycles. The number of hydrogen-bond acceptors (Lipinski definition) is 4. The minimum absolute atomic E-state index is 0.0490. The minimum atomic E-state index is -4.50. The van der Waals surface area contributed by atoms with Crippen LogP contribution < -0.4 is 10.6 Å². The van der Waals surface area contributed by atoms with Gasteiger partial charge in [0.15, 0.2) is 0 Å². The molecule has 0 aliphatic rings. The molecular weight excluding hydrogens is 369 g/mol. The Bertz CT molecular complexity index is 1000. The molecule has 144 valence electrons. The number of carbonyl (C=O) groups excluding carboxylic acids is 1. The van der Waals surface area contributed by atoms with Crippen molar-refractivity contribution in [1.29, 1.82) is 0 Å². The second-order valence-corrected chi connectivity index (χ2v) is 6.21. The SMILES string of the molecule is Cc1ccc(NC(=O)c2cnc(Nc3ccccc3C(F)(F)F)cn2)cc1C. The number of para-hydroxylation sites is 1. The number of halogens is 3. The van der Waals surface area contributed by atoms with Gasteiger partial charge in [0.1, 0.15) is 11.5 Å². The van der Waals surface area contributed by atoms with Crippen LogP contribution in [-0.4, -0.2) is 15.9 Å². The lowest BCUT2D eigenvalue weighted by Gasteiger charge is -2.13. The van der Waals surface area contributed by atoms with Gasteiger partial charge in [-0.25, -0.2) is 9.97 Å². The standard InChI is InChI=1S/C20H17F3N4O/c1-12-7-8-14(9-13(12)2)26-19(28)17-10-25-18(11-24-17)27-16-6-4-3-5-15(16)20(21,22)23/h3-11H,1-2H3,(H,25,27)(H,26,28). The van der Waals surface area contributed by atoms with E-state index in [2.05, 4.69) is 20.6 Å². The van der Waals surface area contributed by atoms with Gasteiger partial charge in [-0.1, -0.05) is 18.2 Å². The zero-order valence-electron chi connectivity index (χ0n) is 15.1. The minimum Gasteiger partial charge on any atom is -0.338 e. The average molecular weight is 386 g/mol. The summed E-state index contributed by atoms with van der Waals surface area (Å²) in [4.78, 5) is 20.3. The summed E-state index contributed by atoms with van der Waals surface area (Å²) in [6.07, 6.45) is -2.08. The summed E-state index contributed by atoms with van der Waals surface area (Å²) < 4.78 is 39.2. The molecule has 0 aliphatic heterocycles. The summed E-state index contributed by atoms with van der Waals surface area (Å²) in [6.45, 7) is 3.90. The Balaban J connectivity index is 1.73. The molecule has 3 rings (SSSR count). The molecule has 0 saturated heterocycles. The molecule has 1 heterocycles. The highest BCUT2D eigenvalue weighted by molar-refractivity contribution is 6.02. The van der Waals surface area contributed by atoms with Gasteiger partial charge in [-0.15, -0.1) is 0 Å². The van der Waals surface area contributed by atoms with Gasteiger partial charge in [0, 0.05) is 5.69 Å². The molecular formula is C20H17F3N4O. The predicted octanol–water partition coefficient (Wildman–Crippen LogP) is 5.11. The van der Waals surface area contributed by atoms with Crippen LogP contribution >= 0.6 is 0 Å². The van der Waals surface area contributed by atoms with Crippen molar-refractivity contribution in [2.45, 2.75) is 20.0 Å². The topological polar surface area (TPSA) is 66.9 Å². The van der Waals surface area contributed by atoms with Crippen LogP contribution in [0.3, 0.4) is 0 Å². The molecule has 0 bridgehead atoms. The highest BCUT2D eigenvalue weighted by Gasteiger charge is 2.33. The zero-order valence-corrected chi connectivity index (χ0v) is 15.1. The molecule has 5 nitrogen and oxygen atoms in total. The molecule has 0 saturated carbocycles. The third-order valence-electron chi connectivity index (χ3n) is 4.14. The summed E-state index contributed by atoms with van der Waals surface area (Å²) in [7, 11) is 0. The Kier molecular flexibility index (Phi) is 5.30. The molecule has 2 N–H and O–H groups in total. The molecule has 0 fully saturated rings. The molecule has 0 radical (unpaired) electrons. The summed E-state index contributed by atoms with van der Waals surface area (Å²) in [5.41, 5.74) is 1.85. The van der Waals surface area contributed by atoms with E-state index in [1.165, 1.54) is 30.6 Å². The van der Waals surface area contributed by atoms with Crippen LogP contribution in [0.15, 0.2) is 54.9 Å². The van der Waals surface area contributed by atoms with Gasteiger partial charge in [-0.2, -0.15) is 13.2 Å². The van der Waals surface area contributed by atoms with Crippen LogP contribution in [0, 0.1) is 13.8 Å². The van der Waals surface area contributed by atoms with E-state index >= 15 is 0 Å². The largest absolute Gasteiger partial charge is 0.418 e. The molecule has 28 heavy (non-hydrogen) atoms. The summed E-state index contributed by atoms with van der Waals surface area (Å²) in [5, 5.41) is 5.30. The fraction of sp³-hybridized carbons (Fsp3) is 0.150. The summed E-state index contributed by atoms with van der Waals surface area (Å²) in [5.74, 6) is -0.363. The quantitative estimate of drug-likeness (QED) is 0.654. The number of alkyl halides is 3. The highest BCUT2D eigenvalue weighted by atomic mass is 19.4. The second-order valence-electron chi connectivity index (χ2n) is 6.21. The molecule has 0 spiro atoms. The van der Waals surface area contributed by atoms with E-state index in [-0.39, 0.29) is 17.2 Å². The van der Waals surface area contributed by atoms with E-state index in [9.17, 15) is 18.0 Å². The van der Waals surface area contributed by atoms with Crippen molar-refractivity contribution in [3.05, 3.63) is 77.2 Å². The first-order chi connectivity index (χ1) is 13.2. The number of nitrogens with one attached hydrogen (secondary N) is 2. The summed E-state index contributed by atoms with van der Waals surface area (Å²) >= 11 is 0. The van der Waals surface area contributed by atoms with Crippen molar-refractivity contribution in [2.75, 3.05) is 10.6 Å². The highest BCUT2D eigenvalue weighted by Crippen LogP contribution is 2.35. The third-order valence-corrected chi connectivity index (χ3v) is 4.14. The molecule has 3 aromatic rings. The smallest absolute Gasteiger partial charge is 0.338 e. The third kappa shape index (κ3) is 4.46. The van der Waals surface area contributed by atoms with Crippen molar-refractivity contribution in [3.8, 4) is 0 Å². The molecule has 0 unspecified atom stereocenters. The number of amides is 1. The Labute approximate surface area is 159 Å². The maximum absolute atomic E-state index is 13.1. The maximum Gasteiger partial charge on any atom is 0.418 e. The number of aryl methyl sites for hydroxylation is 2.